The van der Waals surface area contributed by atoms with Crippen LogP contribution in [0.1, 0.15) is 41.4 Å². The van der Waals surface area contributed by atoms with Gasteiger partial charge in [0, 0.05) is 11.6 Å². The van der Waals surface area contributed by atoms with Gasteiger partial charge in [-0.2, -0.15) is 0 Å². The van der Waals surface area contributed by atoms with Crippen LogP contribution in [0.15, 0.2) is 36.4 Å². The molecule has 1 amide bonds. The summed E-state index contributed by atoms with van der Waals surface area (Å²) in [7, 11) is -0.332. The predicted octanol–water partition coefficient (Wildman–Crippen LogP) is 2.45. The summed E-state index contributed by atoms with van der Waals surface area (Å²) in [6, 6.07) is 9.32. The Labute approximate surface area is 193 Å². The van der Waals surface area contributed by atoms with Crippen molar-refractivity contribution in [1.82, 2.24) is 5.32 Å². The van der Waals surface area contributed by atoms with Gasteiger partial charge in [0.1, 0.15) is 11.5 Å². The summed E-state index contributed by atoms with van der Waals surface area (Å²) in [5, 5.41) is 2.77. The average molecular weight is 477 g/mol. The van der Waals surface area contributed by atoms with Crippen molar-refractivity contribution in [3.8, 4) is 11.5 Å². The van der Waals surface area contributed by atoms with Crippen molar-refractivity contribution in [2.75, 3.05) is 31.4 Å². The van der Waals surface area contributed by atoms with Crippen molar-refractivity contribution in [2.24, 2.45) is 0 Å². The van der Waals surface area contributed by atoms with Crippen LogP contribution in [0.4, 0.5) is 5.69 Å². The third-order valence-electron chi connectivity index (χ3n) is 5.44. The van der Waals surface area contributed by atoms with E-state index < -0.39 is 34.5 Å². The molecule has 0 fully saturated rings. The van der Waals surface area contributed by atoms with Crippen molar-refractivity contribution in [1.29, 1.82) is 0 Å². The number of rotatable bonds is 8. The van der Waals surface area contributed by atoms with Crippen LogP contribution >= 0.6 is 0 Å². The number of amides is 1. The zero-order chi connectivity index (χ0) is 24.3. The lowest BCUT2D eigenvalue weighted by atomic mass is 10.1. The standard InChI is InChI=1S/C23H28N2O7S/c1-14-10-17-11-16(6-8-20(17)25(14)33(5,28)29)23(27)32-13-22(26)24-15(2)19-12-18(30-3)7-9-21(19)31-4/h6-9,11-12,14-15H,10,13H2,1-5H3,(H,24,26). The summed E-state index contributed by atoms with van der Waals surface area (Å²) in [5.41, 5.74) is 2.28. The first-order chi connectivity index (χ1) is 15.5. The van der Waals surface area contributed by atoms with Gasteiger partial charge in [-0.3, -0.25) is 9.10 Å². The maximum atomic E-state index is 12.5. The highest BCUT2D eigenvalue weighted by Gasteiger charge is 2.33. The van der Waals surface area contributed by atoms with Gasteiger partial charge in [0.15, 0.2) is 6.61 Å². The summed E-state index contributed by atoms with van der Waals surface area (Å²) in [6.07, 6.45) is 1.64. The maximum absolute atomic E-state index is 12.5. The Morgan fingerprint density at radius 2 is 1.88 bits per heavy atom. The molecule has 0 radical (unpaired) electrons. The minimum Gasteiger partial charge on any atom is -0.497 e. The number of ether oxygens (including phenoxy) is 3. The second kappa shape index (κ2) is 9.70. The minimum absolute atomic E-state index is 0.234. The number of methoxy groups -OCH3 is 2. The fourth-order valence-corrected chi connectivity index (χ4v) is 5.25. The lowest BCUT2D eigenvalue weighted by molar-refractivity contribution is -0.124. The molecular weight excluding hydrogens is 448 g/mol. The largest absolute Gasteiger partial charge is 0.497 e. The molecule has 2 atom stereocenters. The van der Waals surface area contributed by atoms with Crippen LogP contribution in [0.3, 0.4) is 0 Å². The third-order valence-corrected chi connectivity index (χ3v) is 6.71. The lowest BCUT2D eigenvalue weighted by Crippen LogP contribution is -2.34. The van der Waals surface area contributed by atoms with Crippen molar-refractivity contribution in [2.45, 2.75) is 32.4 Å². The van der Waals surface area contributed by atoms with Crippen molar-refractivity contribution >= 4 is 27.6 Å². The molecule has 0 saturated carbocycles. The third kappa shape index (κ3) is 5.39. The minimum atomic E-state index is -3.42. The second-order valence-electron chi connectivity index (χ2n) is 7.93. The molecule has 178 valence electrons. The van der Waals surface area contributed by atoms with Gasteiger partial charge >= 0.3 is 5.97 Å². The van der Waals surface area contributed by atoms with E-state index >= 15 is 0 Å². The Kier molecular flexibility index (Phi) is 7.16. The highest BCUT2D eigenvalue weighted by Crippen LogP contribution is 2.35. The number of hydrogen-bond acceptors (Lipinski definition) is 7. The average Bonchev–Trinajstić information content (AvgIpc) is 3.12. The van der Waals surface area contributed by atoms with E-state index in [1.54, 1.807) is 44.4 Å². The summed E-state index contributed by atoms with van der Waals surface area (Å²) in [6.45, 7) is 3.13. The van der Waals surface area contributed by atoms with Gasteiger partial charge in [-0.25, -0.2) is 13.2 Å². The summed E-state index contributed by atoms with van der Waals surface area (Å²) in [4.78, 5) is 24.8. The molecule has 10 heteroatoms. The van der Waals surface area contributed by atoms with Gasteiger partial charge in [-0.15, -0.1) is 0 Å². The number of esters is 1. The van der Waals surface area contributed by atoms with Crippen LogP contribution in [-0.4, -0.2) is 53.4 Å². The van der Waals surface area contributed by atoms with Gasteiger partial charge in [-0.1, -0.05) is 0 Å². The first-order valence-electron chi connectivity index (χ1n) is 10.4. The van der Waals surface area contributed by atoms with Crippen LogP contribution in [0, 0.1) is 0 Å². The van der Waals surface area contributed by atoms with Crippen molar-refractivity contribution in [3.05, 3.63) is 53.1 Å². The Hall–Kier alpha value is -3.27. The number of carbonyl (C=O) groups is 2. The molecule has 1 N–H and O–H groups in total. The van der Waals surface area contributed by atoms with Crippen molar-refractivity contribution < 1.29 is 32.2 Å². The SMILES string of the molecule is COc1ccc(OC)c(C(C)NC(=O)COC(=O)c2ccc3c(c2)CC(C)N3S(C)(=O)=O)c1. The molecule has 1 aliphatic heterocycles. The van der Waals surface area contributed by atoms with Crippen molar-refractivity contribution in [3.63, 3.8) is 0 Å². The summed E-state index contributed by atoms with van der Waals surface area (Å²) >= 11 is 0. The van der Waals surface area contributed by atoms with E-state index in [4.69, 9.17) is 14.2 Å². The molecule has 3 rings (SSSR count). The number of carbonyl (C=O) groups excluding carboxylic acids is 2. The van der Waals surface area contributed by atoms with Gasteiger partial charge < -0.3 is 19.5 Å². The number of sulfonamides is 1. The summed E-state index contributed by atoms with van der Waals surface area (Å²) < 4.78 is 41.2. The molecule has 0 spiro atoms. The maximum Gasteiger partial charge on any atom is 0.338 e. The number of hydrogen-bond donors (Lipinski definition) is 1. The van der Waals surface area contributed by atoms with Crippen LogP contribution in [0.2, 0.25) is 0 Å². The van der Waals surface area contributed by atoms with Crippen LogP contribution in [0.5, 0.6) is 11.5 Å². The Morgan fingerprint density at radius 1 is 1.15 bits per heavy atom. The van der Waals surface area contributed by atoms with E-state index in [0.29, 0.717) is 23.6 Å². The fraction of sp³-hybridized carbons (Fsp3) is 0.391. The van der Waals surface area contributed by atoms with Gasteiger partial charge in [0.05, 0.1) is 37.8 Å². The van der Waals surface area contributed by atoms with E-state index in [1.165, 1.54) is 17.5 Å². The Balaban J connectivity index is 1.63. The van der Waals surface area contributed by atoms with Crippen LogP contribution in [0.25, 0.3) is 0 Å². The van der Waals surface area contributed by atoms with E-state index in [9.17, 15) is 18.0 Å². The van der Waals surface area contributed by atoms with Crippen LogP contribution in [-0.2, 0) is 26.0 Å². The van der Waals surface area contributed by atoms with Gasteiger partial charge in [-0.05, 0) is 62.2 Å². The van der Waals surface area contributed by atoms with E-state index in [-0.39, 0.29) is 11.6 Å². The quantitative estimate of drug-likeness (QED) is 0.583. The normalized spacial score (nSPS) is 16.0. The first kappa shape index (κ1) is 24.4. The molecule has 1 heterocycles. The van der Waals surface area contributed by atoms with E-state index in [0.717, 1.165) is 17.4 Å². The topological polar surface area (TPSA) is 111 Å². The number of anilines is 1. The van der Waals surface area contributed by atoms with Gasteiger partial charge in [0.25, 0.3) is 5.91 Å². The highest BCUT2D eigenvalue weighted by atomic mass is 32.2. The molecule has 33 heavy (non-hydrogen) atoms. The number of nitrogens with zero attached hydrogens (tertiary/aromatic N) is 1. The lowest BCUT2D eigenvalue weighted by Gasteiger charge is -2.21. The number of nitrogens with one attached hydrogen (secondary N) is 1. The molecule has 0 aliphatic carbocycles. The molecule has 9 nitrogen and oxygen atoms in total. The number of fused-ring (bicyclic) bond motifs is 1. The molecule has 1 aliphatic rings. The Bertz CT molecular complexity index is 1160. The zero-order valence-corrected chi connectivity index (χ0v) is 20.1. The molecular formula is C23H28N2O7S. The van der Waals surface area contributed by atoms with E-state index in [2.05, 4.69) is 5.32 Å². The Morgan fingerprint density at radius 3 is 2.52 bits per heavy atom. The van der Waals surface area contributed by atoms with Gasteiger partial charge in [0.2, 0.25) is 10.0 Å². The summed E-state index contributed by atoms with van der Waals surface area (Å²) in [5.74, 6) is 0.0820. The fourth-order valence-electron chi connectivity index (χ4n) is 3.99. The smallest absolute Gasteiger partial charge is 0.338 e. The van der Waals surface area contributed by atoms with E-state index in [1.807, 2.05) is 6.92 Å². The second-order valence-corrected chi connectivity index (χ2v) is 9.79. The molecule has 2 aromatic rings. The first-order valence-corrected chi connectivity index (χ1v) is 12.2. The molecule has 2 unspecified atom stereocenters. The molecule has 0 bridgehead atoms. The number of benzene rings is 2. The molecule has 0 saturated heterocycles. The highest BCUT2D eigenvalue weighted by molar-refractivity contribution is 7.92. The molecule has 2 aromatic carbocycles. The monoisotopic (exact) mass is 476 g/mol. The predicted molar refractivity (Wildman–Crippen MR) is 123 cm³/mol. The molecule has 0 aromatic heterocycles. The zero-order valence-electron chi connectivity index (χ0n) is 19.2. The van der Waals surface area contributed by atoms with Crippen LogP contribution < -0.4 is 19.1 Å².